The molecular formula is C9H8N6. The van der Waals surface area contributed by atoms with Gasteiger partial charge in [0.05, 0.1) is 12.3 Å². The van der Waals surface area contributed by atoms with Crippen LogP contribution in [0.3, 0.4) is 0 Å². The number of aromatic nitrogens is 4. The Morgan fingerprint density at radius 1 is 1.40 bits per heavy atom. The average Bonchev–Trinajstić information content (AvgIpc) is 2.55. The van der Waals surface area contributed by atoms with E-state index in [1.54, 1.807) is 25.4 Å². The number of aryl methyl sites for hydroxylation is 1. The molecular weight excluding hydrogens is 192 g/mol. The first kappa shape index (κ1) is 9.15. The van der Waals surface area contributed by atoms with Gasteiger partial charge in [-0.2, -0.15) is 9.78 Å². The average molecular weight is 200 g/mol. The minimum Gasteiger partial charge on any atom is -0.392 e. The fraction of sp³-hybridized carbons (Fsp3) is 0.111. The highest BCUT2D eigenvalue weighted by molar-refractivity contribution is 5.67. The molecule has 15 heavy (non-hydrogen) atoms. The molecule has 6 nitrogen and oxygen atoms in total. The molecule has 0 aliphatic rings. The highest BCUT2D eigenvalue weighted by atomic mass is 15.4. The smallest absolute Gasteiger partial charge is 0.251 e. The van der Waals surface area contributed by atoms with Crippen LogP contribution in [0.1, 0.15) is 5.69 Å². The lowest BCUT2D eigenvalue weighted by atomic mass is 10.4. The normalized spacial score (nSPS) is 9.87. The Bertz CT molecular complexity index is 522. The summed E-state index contributed by atoms with van der Waals surface area (Å²) >= 11 is 0. The molecule has 0 radical (unpaired) electrons. The Kier molecular flexibility index (Phi) is 2.06. The molecule has 74 valence electrons. The van der Waals surface area contributed by atoms with E-state index in [0.29, 0.717) is 17.3 Å². The Morgan fingerprint density at radius 3 is 2.60 bits per heavy atom. The van der Waals surface area contributed by atoms with Crippen LogP contribution >= 0.6 is 0 Å². The molecule has 0 saturated carbocycles. The van der Waals surface area contributed by atoms with Crippen molar-refractivity contribution in [2.45, 2.75) is 6.92 Å². The summed E-state index contributed by atoms with van der Waals surface area (Å²) in [5, 5.41) is 4.10. The lowest BCUT2D eigenvalue weighted by Gasteiger charge is -2.00. The topological polar surface area (TPSA) is 74.0 Å². The molecule has 0 saturated heterocycles. The Morgan fingerprint density at radius 2 is 2.07 bits per heavy atom. The van der Waals surface area contributed by atoms with Gasteiger partial charge in [-0.1, -0.05) is 0 Å². The summed E-state index contributed by atoms with van der Waals surface area (Å²) < 4.78 is 1.36. The van der Waals surface area contributed by atoms with Crippen molar-refractivity contribution in [3.8, 4) is 5.95 Å². The molecule has 0 bridgehead atoms. The SMILES string of the molecule is [C-]#[N+]c1c(C)nn(-c2ncccn2)c1N. The van der Waals surface area contributed by atoms with E-state index in [1.807, 2.05) is 0 Å². The van der Waals surface area contributed by atoms with Crippen LogP contribution in [0.2, 0.25) is 0 Å². The molecule has 0 aliphatic heterocycles. The minimum atomic E-state index is 0.272. The molecule has 0 fully saturated rings. The van der Waals surface area contributed by atoms with Gasteiger partial charge in [-0.05, 0) is 13.0 Å². The second-order valence-corrected chi connectivity index (χ2v) is 2.89. The molecule has 2 aromatic heterocycles. The van der Waals surface area contributed by atoms with Crippen LogP contribution < -0.4 is 5.73 Å². The first-order chi connectivity index (χ1) is 7.24. The number of hydrogen-bond acceptors (Lipinski definition) is 4. The predicted molar refractivity (Wildman–Crippen MR) is 54.6 cm³/mol. The van der Waals surface area contributed by atoms with Crippen LogP contribution in [-0.4, -0.2) is 19.7 Å². The quantitative estimate of drug-likeness (QED) is 0.699. The summed E-state index contributed by atoms with van der Waals surface area (Å²) in [5.74, 6) is 0.640. The molecule has 0 unspecified atom stereocenters. The third kappa shape index (κ3) is 1.40. The fourth-order valence-electron chi connectivity index (χ4n) is 1.23. The first-order valence-corrected chi connectivity index (χ1v) is 4.24. The van der Waals surface area contributed by atoms with Crippen molar-refractivity contribution >= 4 is 11.5 Å². The summed E-state index contributed by atoms with van der Waals surface area (Å²) in [4.78, 5) is 11.3. The summed E-state index contributed by atoms with van der Waals surface area (Å²) in [7, 11) is 0. The molecule has 2 N–H and O–H groups in total. The monoisotopic (exact) mass is 200 g/mol. The van der Waals surface area contributed by atoms with Crippen molar-refractivity contribution in [3.63, 3.8) is 0 Å². The van der Waals surface area contributed by atoms with Crippen LogP contribution in [0.5, 0.6) is 0 Å². The zero-order valence-corrected chi connectivity index (χ0v) is 8.05. The maximum Gasteiger partial charge on any atom is 0.251 e. The van der Waals surface area contributed by atoms with Gasteiger partial charge in [0.15, 0.2) is 0 Å². The van der Waals surface area contributed by atoms with E-state index >= 15 is 0 Å². The van der Waals surface area contributed by atoms with E-state index in [9.17, 15) is 0 Å². The number of nitrogen functional groups attached to an aromatic ring is 1. The summed E-state index contributed by atoms with van der Waals surface area (Å²) in [5.41, 5.74) is 6.68. The lowest BCUT2D eigenvalue weighted by molar-refractivity contribution is 0.805. The van der Waals surface area contributed by atoms with Gasteiger partial charge in [0.25, 0.3) is 11.6 Å². The largest absolute Gasteiger partial charge is 0.392 e. The van der Waals surface area contributed by atoms with Crippen molar-refractivity contribution in [1.29, 1.82) is 0 Å². The Balaban J connectivity index is 2.62. The van der Waals surface area contributed by atoms with Gasteiger partial charge in [-0.3, -0.25) is 0 Å². The van der Waals surface area contributed by atoms with Crippen molar-refractivity contribution in [1.82, 2.24) is 19.7 Å². The van der Waals surface area contributed by atoms with Gasteiger partial charge in [-0.25, -0.2) is 14.8 Å². The first-order valence-electron chi connectivity index (χ1n) is 4.24. The highest BCUT2D eigenvalue weighted by Gasteiger charge is 2.14. The van der Waals surface area contributed by atoms with Crippen LogP contribution in [0.25, 0.3) is 10.8 Å². The summed E-state index contributed by atoms with van der Waals surface area (Å²) in [6.45, 7) is 8.68. The maximum atomic E-state index is 6.95. The van der Waals surface area contributed by atoms with E-state index in [4.69, 9.17) is 12.3 Å². The predicted octanol–water partition coefficient (Wildman–Crippen LogP) is 1.10. The maximum absolute atomic E-state index is 6.95. The van der Waals surface area contributed by atoms with Gasteiger partial charge < -0.3 is 5.73 Å². The second kappa shape index (κ2) is 3.38. The molecule has 2 aromatic rings. The molecule has 0 amide bonds. The summed E-state index contributed by atoms with van der Waals surface area (Å²) in [6.07, 6.45) is 3.19. The van der Waals surface area contributed by atoms with Crippen LogP contribution in [0.4, 0.5) is 11.5 Å². The van der Waals surface area contributed by atoms with Crippen LogP contribution in [0.15, 0.2) is 18.5 Å². The molecule has 2 rings (SSSR count). The number of nitrogens with two attached hydrogens (primary N) is 1. The summed E-state index contributed by atoms with van der Waals surface area (Å²) in [6, 6.07) is 1.70. The second-order valence-electron chi connectivity index (χ2n) is 2.89. The zero-order valence-electron chi connectivity index (χ0n) is 8.05. The standard InChI is InChI=1S/C9H8N6/c1-6-7(11-2)8(10)15(14-6)9-12-4-3-5-13-9/h3-5H,10H2,1H3. The fourth-order valence-corrected chi connectivity index (χ4v) is 1.23. The number of rotatable bonds is 1. The van der Waals surface area contributed by atoms with E-state index in [0.717, 1.165) is 0 Å². The zero-order chi connectivity index (χ0) is 10.8. The van der Waals surface area contributed by atoms with Crippen molar-refractivity contribution < 1.29 is 0 Å². The van der Waals surface area contributed by atoms with Gasteiger partial charge in [0.2, 0.25) is 0 Å². The lowest BCUT2D eigenvalue weighted by Crippen LogP contribution is -2.05. The third-order valence-electron chi connectivity index (χ3n) is 1.92. The van der Waals surface area contributed by atoms with Gasteiger partial charge in [0, 0.05) is 12.4 Å². The number of hydrogen-bond donors (Lipinski definition) is 1. The van der Waals surface area contributed by atoms with E-state index in [-0.39, 0.29) is 5.82 Å². The van der Waals surface area contributed by atoms with Gasteiger partial charge in [-0.15, -0.1) is 0 Å². The Labute approximate surface area is 86.2 Å². The minimum absolute atomic E-state index is 0.272. The van der Waals surface area contributed by atoms with Crippen molar-refractivity contribution in [3.05, 3.63) is 35.6 Å². The van der Waals surface area contributed by atoms with Crippen LogP contribution in [0, 0.1) is 13.5 Å². The van der Waals surface area contributed by atoms with E-state index in [2.05, 4.69) is 19.9 Å². The number of nitrogens with zero attached hydrogens (tertiary/aromatic N) is 5. The van der Waals surface area contributed by atoms with Crippen molar-refractivity contribution in [2.24, 2.45) is 0 Å². The third-order valence-corrected chi connectivity index (χ3v) is 1.92. The molecule has 6 heteroatoms. The number of anilines is 1. The van der Waals surface area contributed by atoms with E-state index in [1.165, 1.54) is 4.68 Å². The molecule has 0 aromatic carbocycles. The highest BCUT2D eigenvalue weighted by Crippen LogP contribution is 2.27. The van der Waals surface area contributed by atoms with Gasteiger partial charge >= 0.3 is 0 Å². The van der Waals surface area contributed by atoms with E-state index < -0.39 is 0 Å². The van der Waals surface area contributed by atoms with Crippen molar-refractivity contribution in [2.75, 3.05) is 5.73 Å². The molecule has 0 aliphatic carbocycles. The molecule has 2 heterocycles. The molecule has 0 atom stereocenters. The van der Waals surface area contributed by atoms with Crippen LogP contribution in [-0.2, 0) is 0 Å². The Hall–Kier alpha value is -2.42. The molecule has 0 spiro atoms. The van der Waals surface area contributed by atoms with Gasteiger partial charge in [0.1, 0.15) is 5.82 Å².